The van der Waals surface area contributed by atoms with Gasteiger partial charge in [-0.2, -0.15) is 0 Å². The van der Waals surface area contributed by atoms with E-state index in [1.54, 1.807) is 12.1 Å². The van der Waals surface area contributed by atoms with Crippen LogP contribution in [0.3, 0.4) is 0 Å². The van der Waals surface area contributed by atoms with E-state index in [0.29, 0.717) is 23.2 Å². The number of hydrogen-bond donors (Lipinski definition) is 2. The monoisotopic (exact) mass is 262 g/mol. The third kappa shape index (κ3) is 2.83. The fourth-order valence-corrected chi connectivity index (χ4v) is 2.71. The number of methoxy groups -OCH3 is 1. The van der Waals surface area contributed by atoms with Gasteiger partial charge in [0.05, 0.1) is 24.0 Å². The average Bonchev–Trinajstić information content (AvgIpc) is 2.72. The Bertz CT molecular complexity index is 473. The van der Waals surface area contributed by atoms with Gasteiger partial charge in [0.1, 0.15) is 0 Å². The van der Waals surface area contributed by atoms with E-state index in [2.05, 4.69) is 23.9 Å². The number of anilines is 2. The molecule has 1 fully saturated rings. The van der Waals surface area contributed by atoms with E-state index in [9.17, 15) is 4.79 Å². The Kier molecular flexibility index (Phi) is 3.98. The molecule has 2 rings (SSSR count). The van der Waals surface area contributed by atoms with E-state index in [4.69, 9.17) is 5.73 Å². The van der Waals surface area contributed by atoms with E-state index in [1.807, 2.05) is 6.07 Å². The maximum absolute atomic E-state index is 11.4. The highest BCUT2D eigenvalue weighted by molar-refractivity contribution is 5.91. The van der Waals surface area contributed by atoms with Crippen LogP contribution in [0.5, 0.6) is 0 Å². The Morgan fingerprint density at radius 1 is 1.37 bits per heavy atom. The van der Waals surface area contributed by atoms with Crippen molar-refractivity contribution in [2.45, 2.75) is 32.7 Å². The third-order valence-electron chi connectivity index (χ3n) is 4.28. The standard InChI is InChI=1S/C15H22N2O2/c1-9-4-6-13(10(9)2)17-14-7-5-11(8-12(14)16)15(18)19-3/h5,7-10,13,17H,4,6,16H2,1-3H3. The van der Waals surface area contributed by atoms with E-state index in [-0.39, 0.29) is 5.97 Å². The molecule has 0 heterocycles. The number of carbonyl (C=O) groups excluding carboxylic acids is 1. The van der Waals surface area contributed by atoms with Crippen LogP contribution in [-0.2, 0) is 4.74 Å². The first-order valence-corrected chi connectivity index (χ1v) is 6.77. The van der Waals surface area contributed by atoms with Crippen molar-refractivity contribution in [3.05, 3.63) is 23.8 Å². The van der Waals surface area contributed by atoms with Crippen molar-refractivity contribution in [3.8, 4) is 0 Å². The normalized spacial score (nSPS) is 26.2. The second-order valence-corrected chi connectivity index (χ2v) is 5.46. The molecule has 1 saturated carbocycles. The molecule has 3 N–H and O–H groups in total. The molecule has 4 heteroatoms. The van der Waals surface area contributed by atoms with Crippen molar-refractivity contribution < 1.29 is 9.53 Å². The van der Waals surface area contributed by atoms with Gasteiger partial charge in [-0.3, -0.25) is 0 Å². The Labute approximate surface area is 114 Å². The minimum Gasteiger partial charge on any atom is -0.465 e. The molecule has 0 aromatic heterocycles. The van der Waals surface area contributed by atoms with Gasteiger partial charge in [-0.15, -0.1) is 0 Å². The molecule has 3 atom stereocenters. The first-order valence-electron chi connectivity index (χ1n) is 6.77. The lowest BCUT2D eigenvalue weighted by molar-refractivity contribution is 0.0601. The van der Waals surface area contributed by atoms with Crippen LogP contribution in [0.15, 0.2) is 18.2 Å². The molecule has 0 bridgehead atoms. The van der Waals surface area contributed by atoms with Gasteiger partial charge in [-0.25, -0.2) is 4.79 Å². The Morgan fingerprint density at radius 3 is 2.63 bits per heavy atom. The predicted octanol–water partition coefficient (Wildman–Crippen LogP) is 2.90. The number of nitrogens with one attached hydrogen (secondary N) is 1. The van der Waals surface area contributed by atoms with Crippen molar-refractivity contribution in [3.63, 3.8) is 0 Å². The molecule has 4 nitrogen and oxygen atoms in total. The molecule has 1 aliphatic rings. The zero-order chi connectivity index (χ0) is 14.0. The van der Waals surface area contributed by atoms with Gasteiger partial charge in [-0.05, 0) is 42.9 Å². The fourth-order valence-electron chi connectivity index (χ4n) is 2.71. The smallest absolute Gasteiger partial charge is 0.337 e. The van der Waals surface area contributed by atoms with Crippen LogP contribution in [0.2, 0.25) is 0 Å². The van der Waals surface area contributed by atoms with Gasteiger partial charge >= 0.3 is 5.97 Å². The van der Waals surface area contributed by atoms with Gasteiger partial charge in [0.25, 0.3) is 0 Å². The number of nitrogen functional groups attached to an aromatic ring is 1. The lowest BCUT2D eigenvalue weighted by Crippen LogP contribution is -2.24. The lowest BCUT2D eigenvalue weighted by Gasteiger charge is -2.22. The Hall–Kier alpha value is -1.71. The van der Waals surface area contributed by atoms with Crippen LogP contribution in [0.1, 0.15) is 37.0 Å². The van der Waals surface area contributed by atoms with E-state index in [1.165, 1.54) is 20.0 Å². The molecule has 1 aliphatic carbocycles. The first-order chi connectivity index (χ1) is 9.02. The molecule has 0 saturated heterocycles. The number of benzene rings is 1. The van der Waals surface area contributed by atoms with Crippen LogP contribution >= 0.6 is 0 Å². The van der Waals surface area contributed by atoms with Gasteiger partial charge in [0.15, 0.2) is 0 Å². The summed E-state index contributed by atoms with van der Waals surface area (Å²) in [6.07, 6.45) is 2.42. The summed E-state index contributed by atoms with van der Waals surface area (Å²) < 4.78 is 4.68. The molecular weight excluding hydrogens is 240 g/mol. The van der Waals surface area contributed by atoms with Crippen molar-refractivity contribution >= 4 is 17.3 Å². The quantitative estimate of drug-likeness (QED) is 0.649. The summed E-state index contributed by atoms with van der Waals surface area (Å²) in [4.78, 5) is 11.4. The maximum atomic E-state index is 11.4. The number of hydrogen-bond acceptors (Lipinski definition) is 4. The van der Waals surface area contributed by atoms with Crippen molar-refractivity contribution in [2.24, 2.45) is 11.8 Å². The highest BCUT2D eigenvalue weighted by atomic mass is 16.5. The second kappa shape index (κ2) is 5.51. The molecule has 1 aromatic carbocycles. The summed E-state index contributed by atoms with van der Waals surface area (Å²) in [5.41, 5.74) is 7.98. The van der Waals surface area contributed by atoms with Gasteiger partial charge in [0, 0.05) is 6.04 Å². The molecule has 1 aromatic rings. The number of esters is 1. The first kappa shape index (κ1) is 13.7. The molecule has 0 amide bonds. The SMILES string of the molecule is COC(=O)c1ccc(NC2CCC(C)C2C)c(N)c1. The minimum atomic E-state index is -0.360. The number of ether oxygens (including phenoxy) is 1. The van der Waals surface area contributed by atoms with Gasteiger partial charge in [0.2, 0.25) is 0 Å². The van der Waals surface area contributed by atoms with Gasteiger partial charge in [-0.1, -0.05) is 13.8 Å². The summed E-state index contributed by atoms with van der Waals surface area (Å²) in [6.45, 7) is 4.56. The second-order valence-electron chi connectivity index (χ2n) is 5.46. The average molecular weight is 262 g/mol. The lowest BCUT2D eigenvalue weighted by atomic mass is 9.97. The van der Waals surface area contributed by atoms with Crippen LogP contribution in [0.4, 0.5) is 11.4 Å². The number of rotatable bonds is 3. The molecule has 3 unspecified atom stereocenters. The largest absolute Gasteiger partial charge is 0.465 e. The third-order valence-corrected chi connectivity index (χ3v) is 4.28. The Balaban J connectivity index is 2.11. The molecular formula is C15H22N2O2. The van der Waals surface area contributed by atoms with Crippen LogP contribution in [0.25, 0.3) is 0 Å². The summed E-state index contributed by atoms with van der Waals surface area (Å²) in [5, 5.41) is 3.50. The van der Waals surface area contributed by atoms with Crippen LogP contribution in [-0.4, -0.2) is 19.1 Å². The zero-order valence-electron chi connectivity index (χ0n) is 11.8. The minimum absolute atomic E-state index is 0.360. The molecule has 104 valence electrons. The van der Waals surface area contributed by atoms with Crippen LogP contribution < -0.4 is 11.1 Å². The van der Waals surface area contributed by atoms with Crippen molar-refractivity contribution in [1.82, 2.24) is 0 Å². The summed E-state index contributed by atoms with van der Waals surface area (Å²) in [6, 6.07) is 5.73. The predicted molar refractivity (Wildman–Crippen MR) is 77.2 cm³/mol. The van der Waals surface area contributed by atoms with Gasteiger partial charge < -0.3 is 15.8 Å². The fraction of sp³-hybridized carbons (Fsp3) is 0.533. The maximum Gasteiger partial charge on any atom is 0.337 e. The highest BCUT2D eigenvalue weighted by Crippen LogP contribution is 2.34. The zero-order valence-corrected chi connectivity index (χ0v) is 11.8. The van der Waals surface area contributed by atoms with Crippen molar-refractivity contribution in [2.75, 3.05) is 18.2 Å². The highest BCUT2D eigenvalue weighted by Gasteiger charge is 2.29. The van der Waals surface area contributed by atoms with E-state index >= 15 is 0 Å². The summed E-state index contributed by atoms with van der Waals surface area (Å²) >= 11 is 0. The number of carbonyl (C=O) groups is 1. The summed E-state index contributed by atoms with van der Waals surface area (Å²) in [7, 11) is 1.37. The topological polar surface area (TPSA) is 64.3 Å². The van der Waals surface area contributed by atoms with Crippen LogP contribution in [0, 0.1) is 11.8 Å². The Morgan fingerprint density at radius 2 is 2.11 bits per heavy atom. The van der Waals surface area contributed by atoms with Crippen molar-refractivity contribution in [1.29, 1.82) is 0 Å². The number of nitrogens with two attached hydrogens (primary N) is 1. The molecule has 19 heavy (non-hydrogen) atoms. The summed E-state index contributed by atoms with van der Waals surface area (Å²) in [5.74, 6) is 1.02. The molecule has 0 radical (unpaired) electrons. The molecule has 0 spiro atoms. The molecule has 0 aliphatic heterocycles. The van der Waals surface area contributed by atoms with E-state index in [0.717, 1.165) is 11.6 Å². The van der Waals surface area contributed by atoms with E-state index < -0.39 is 0 Å².